The van der Waals surface area contributed by atoms with Crippen molar-refractivity contribution in [1.29, 1.82) is 0 Å². The second-order valence-electron chi connectivity index (χ2n) is 5.22. The van der Waals surface area contributed by atoms with Crippen molar-refractivity contribution in [2.24, 2.45) is 5.92 Å². The predicted octanol–water partition coefficient (Wildman–Crippen LogP) is 2.39. The molecule has 1 aliphatic rings. The zero-order chi connectivity index (χ0) is 13.7. The number of hydrogen-bond donors (Lipinski definition) is 2. The maximum Gasteiger partial charge on any atom is 0.237 e. The van der Waals surface area contributed by atoms with Gasteiger partial charge in [0.15, 0.2) is 0 Å². The number of piperidine rings is 1. The van der Waals surface area contributed by atoms with Crippen LogP contribution in [0.5, 0.6) is 0 Å². The van der Waals surface area contributed by atoms with Crippen molar-refractivity contribution in [3.63, 3.8) is 0 Å². The number of nitrogens with one attached hydrogen (secondary N) is 2. The van der Waals surface area contributed by atoms with Crippen LogP contribution in [-0.4, -0.2) is 25.0 Å². The molecule has 3 nitrogen and oxygen atoms in total. The van der Waals surface area contributed by atoms with E-state index in [0.717, 1.165) is 30.8 Å². The molecule has 1 aromatic carbocycles. The lowest BCUT2D eigenvalue weighted by Gasteiger charge is -2.28. The first-order valence-electron chi connectivity index (χ1n) is 6.92. The van der Waals surface area contributed by atoms with E-state index in [1.165, 1.54) is 5.56 Å². The summed E-state index contributed by atoms with van der Waals surface area (Å²) in [6.45, 7) is 3.75. The summed E-state index contributed by atoms with van der Waals surface area (Å²) in [5.74, 6) is 0.547. The highest BCUT2D eigenvalue weighted by atomic mass is 35.5. The summed E-state index contributed by atoms with van der Waals surface area (Å²) in [5.41, 5.74) is 1.19. The van der Waals surface area contributed by atoms with Gasteiger partial charge < -0.3 is 10.6 Å². The molecule has 1 saturated heterocycles. The Morgan fingerprint density at radius 3 is 2.84 bits per heavy atom. The number of benzene rings is 1. The lowest BCUT2D eigenvalue weighted by atomic mass is 9.92. The molecule has 2 N–H and O–H groups in total. The topological polar surface area (TPSA) is 41.1 Å². The largest absolute Gasteiger partial charge is 0.354 e. The Bertz CT molecular complexity index is 419. The van der Waals surface area contributed by atoms with Gasteiger partial charge in [-0.1, -0.05) is 30.7 Å². The van der Waals surface area contributed by atoms with E-state index in [2.05, 4.69) is 17.6 Å². The van der Waals surface area contributed by atoms with Crippen molar-refractivity contribution in [2.45, 2.75) is 32.2 Å². The minimum absolute atomic E-state index is 0.0287. The summed E-state index contributed by atoms with van der Waals surface area (Å²) in [5, 5.41) is 7.05. The van der Waals surface area contributed by atoms with Crippen LogP contribution in [0.4, 0.5) is 0 Å². The van der Waals surface area contributed by atoms with Gasteiger partial charge in [-0.2, -0.15) is 0 Å². The molecule has 104 valence electrons. The summed E-state index contributed by atoms with van der Waals surface area (Å²) in [7, 11) is 0. The van der Waals surface area contributed by atoms with Crippen LogP contribution in [0.1, 0.15) is 25.3 Å². The van der Waals surface area contributed by atoms with Crippen LogP contribution in [0.15, 0.2) is 24.3 Å². The lowest BCUT2D eigenvalue weighted by Crippen LogP contribution is -2.51. The summed E-state index contributed by atoms with van der Waals surface area (Å²) < 4.78 is 0. The van der Waals surface area contributed by atoms with Crippen LogP contribution < -0.4 is 10.6 Å². The van der Waals surface area contributed by atoms with Crippen LogP contribution in [-0.2, 0) is 11.2 Å². The van der Waals surface area contributed by atoms with Gasteiger partial charge in [0.25, 0.3) is 0 Å². The maximum absolute atomic E-state index is 12.1. The number of rotatable bonds is 4. The zero-order valence-corrected chi connectivity index (χ0v) is 12.0. The molecule has 1 aromatic rings. The van der Waals surface area contributed by atoms with Crippen LogP contribution in [0.3, 0.4) is 0 Å². The summed E-state index contributed by atoms with van der Waals surface area (Å²) in [4.78, 5) is 12.1. The van der Waals surface area contributed by atoms with Crippen molar-refractivity contribution in [2.75, 3.05) is 13.1 Å². The Kier molecular flexibility index (Phi) is 5.23. The van der Waals surface area contributed by atoms with Gasteiger partial charge in [0.1, 0.15) is 0 Å². The van der Waals surface area contributed by atoms with E-state index >= 15 is 0 Å². The fourth-order valence-electron chi connectivity index (χ4n) is 2.49. The Labute approximate surface area is 119 Å². The van der Waals surface area contributed by atoms with Crippen molar-refractivity contribution in [3.05, 3.63) is 34.9 Å². The molecule has 1 aliphatic heterocycles. The molecule has 2 atom stereocenters. The highest BCUT2D eigenvalue weighted by Crippen LogP contribution is 2.15. The van der Waals surface area contributed by atoms with Gasteiger partial charge >= 0.3 is 0 Å². The second kappa shape index (κ2) is 6.92. The summed E-state index contributed by atoms with van der Waals surface area (Å²) in [6, 6.07) is 7.72. The molecule has 0 saturated carbocycles. The first-order chi connectivity index (χ1) is 9.16. The minimum Gasteiger partial charge on any atom is -0.354 e. The van der Waals surface area contributed by atoms with Gasteiger partial charge in [-0.05, 0) is 49.4 Å². The second-order valence-corrected chi connectivity index (χ2v) is 5.66. The molecule has 0 spiro atoms. The smallest absolute Gasteiger partial charge is 0.237 e. The Morgan fingerprint density at radius 1 is 1.42 bits per heavy atom. The van der Waals surface area contributed by atoms with Crippen molar-refractivity contribution in [3.8, 4) is 0 Å². The van der Waals surface area contributed by atoms with Gasteiger partial charge in [0.05, 0.1) is 6.04 Å². The predicted molar refractivity (Wildman–Crippen MR) is 78.4 cm³/mol. The van der Waals surface area contributed by atoms with Crippen molar-refractivity contribution < 1.29 is 4.79 Å². The van der Waals surface area contributed by atoms with E-state index in [0.29, 0.717) is 12.5 Å². The molecular weight excluding hydrogens is 260 g/mol. The highest BCUT2D eigenvalue weighted by molar-refractivity contribution is 6.30. The van der Waals surface area contributed by atoms with Crippen LogP contribution >= 0.6 is 11.6 Å². The molecule has 1 fully saturated rings. The van der Waals surface area contributed by atoms with E-state index < -0.39 is 0 Å². The van der Waals surface area contributed by atoms with Crippen LogP contribution in [0.25, 0.3) is 0 Å². The first kappa shape index (κ1) is 14.4. The molecular formula is C15H21ClN2O. The Hall–Kier alpha value is -1.06. The van der Waals surface area contributed by atoms with Crippen molar-refractivity contribution >= 4 is 17.5 Å². The first-order valence-corrected chi connectivity index (χ1v) is 7.30. The van der Waals surface area contributed by atoms with E-state index in [4.69, 9.17) is 11.6 Å². The molecule has 4 heteroatoms. The average Bonchev–Trinajstić information content (AvgIpc) is 2.41. The molecule has 1 heterocycles. The van der Waals surface area contributed by atoms with Crippen LogP contribution in [0, 0.1) is 5.92 Å². The van der Waals surface area contributed by atoms with Gasteiger partial charge in [-0.15, -0.1) is 0 Å². The normalized spacial score (nSPS) is 23.1. The molecule has 0 aliphatic carbocycles. The summed E-state index contributed by atoms with van der Waals surface area (Å²) in [6.07, 6.45) is 3.13. The van der Waals surface area contributed by atoms with Gasteiger partial charge in [0, 0.05) is 11.6 Å². The number of carbonyl (C=O) groups is 1. The zero-order valence-electron chi connectivity index (χ0n) is 11.3. The molecule has 1 amide bonds. The summed E-state index contributed by atoms with van der Waals surface area (Å²) >= 11 is 5.84. The highest BCUT2D eigenvalue weighted by Gasteiger charge is 2.26. The Balaban J connectivity index is 1.75. The fourth-order valence-corrected chi connectivity index (χ4v) is 2.62. The number of halogens is 1. The van der Waals surface area contributed by atoms with E-state index in [1.807, 2.05) is 24.3 Å². The fraction of sp³-hybridized carbons (Fsp3) is 0.533. The van der Waals surface area contributed by atoms with E-state index in [1.54, 1.807) is 0 Å². The molecule has 0 radical (unpaired) electrons. The maximum atomic E-state index is 12.1. The third-order valence-corrected chi connectivity index (χ3v) is 3.93. The van der Waals surface area contributed by atoms with E-state index in [9.17, 15) is 4.79 Å². The third kappa shape index (κ3) is 4.22. The number of carbonyl (C=O) groups excluding carboxylic acids is 1. The van der Waals surface area contributed by atoms with Gasteiger partial charge in [-0.25, -0.2) is 0 Å². The molecule has 2 unspecified atom stereocenters. The monoisotopic (exact) mass is 280 g/mol. The molecule has 2 rings (SSSR count). The molecule has 0 bridgehead atoms. The van der Waals surface area contributed by atoms with Crippen molar-refractivity contribution in [1.82, 2.24) is 10.6 Å². The number of hydrogen-bond acceptors (Lipinski definition) is 2. The molecule has 19 heavy (non-hydrogen) atoms. The lowest BCUT2D eigenvalue weighted by molar-refractivity contribution is -0.124. The standard InChI is InChI=1S/C15H21ClN2O/c1-11-3-2-9-17-14(11)15(19)18-10-8-12-4-6-13(16)7-5-12/h4-7,11,14,17H,2-3,8-10H2,1H3,(H,18,19). The quantitative estimate of drug-likeness (QED) is 0.889. The van der Waals surface area contributed by atoms with Gasteiger partial charge in [0.2, 0.25) is 5.91 Å². The third-order valence-electron chi connectivity index (χ3n) is 3.68. The minimum atomic E-state index is -0.0287. The SMILES string of the molecule is CC1CCCNC1C(=O)NCCc1ccc(Cl)cc1. The molecule has 0 aromatic heterocycles. The van der Waals surface area contributed by atoms with Gasteiger partial charge in [-0.3, -0.25) is 4.79 Å². The number of amides is 1. The van der Waals surface area contributed by atoms with E-state index in [-0.39, 0.29) is 11.9 Å². The average molecular weight is 281 g/mol. The Morgan fingerprint density at radius 2 is 2.16 bits per heavy atom. The van der Waals surface area contributed by atoms with Crippen LogP contribution in [0.2, 0.25) is 5.02 Å².